The standard InChI is InChI=1S/C16H20ClN5O2S/c1-21(2)25(23,24)22-9-3-4-14(22)15-13(10-19-16(18)20-15)11-5-7-12(17)8-6-11/h5-8,10,14H,3-4,9H2,1-2H3,(H2,18,19,20)/t14-/m1/s1. The van der Waals surface area contributed by atoms with Gasteiger partial charge < -0.3 is 5.73 Å². The van der Waals surface area contributed by atoms with Crippen molar-refractivity contribution in [2.45, 2.75) is 18.9 Å². The number of benzene rings is 1. The molecule has 7 nitrogen and oxygen atoms in total. The SMILES string of the molecule is CN(C)S(=O)(=O)N1CCC[C@@H]1c1nc(N)ncc1-c1ccc(Cl)cc1. The highest BCUT2D eigenvalue weighted by Gasteiger charge is 2.38. The van der Waals surface area contributed by atoms with E-state index in [-0.39, 0.29) is 12.0 Å². The van der Waals surface area contributed by atoms with Gasteiger partial charge in [-0.15, -0.1) is 0 Å². The van der Waals surface area contributed by atoms with Gasteiger partial charge in [0, 0.05) is 37.4 Å². The third-order valence-electron chi connectivity index (χ3n) is 4.27. The summed E-state index contributed by atoms with van der Waals surface area (Å²) in [5.41, 5.74) is 8.04. The first-order valence-electron chi connectivity index (χ1n) is 7.88. The summed E-state index contributed by atoms with van der Waals surface area (Å²) < 4.78 is 28.0. The lowest BCUT2D eigenvalue weighted by atomic mass is 10.0. The fourth-order valence-electron chi connectivity index (χ4n) is 3.01. The van der Waals surface area contributed by atoms with Crippen LogP contribution in [-0.4, -0.2) is 47.6 Å². The molecule has 1 aromatic carbocycles. The zero-order valence-corrected chi connectivity index (χ0v) is 15.6. The summed E-state index contributed by atoms with van der Waals surface area (Å²) >= 11 is 5.96. The van der Waals surface area contributed by atoms with Crippen LogP contribution in [0.25, 0.3) is 11.1 Å². The molecule has 0 bridgehead atoms. The molecule has 0 amide bonds. The number of nitrogen functional groups attached to an aromatic ring is 1. The molecule has 0 spiro atoms. The van der Waals surface area contributed by atoms with E-state index in [4.69, 9.17) is 17.3 Å². The smallest absolute Gasteiger partial charge is 0.282 e. The number of anilines is 1. The summed E-state index contributed by atoms with van der Waals surface area (Å²) in [5, 5.41) is 0.624. The minimum atomic E-state index is -3.55. The number of aromatic nitrogens is 2. The second-order valence-electron chi connectivity index (χ2n) is 6.09. The fourth-order valence-corrected chi connectivity index (χ4v) is 4.45. The molecule has 2 N–H and O–H groups in total. The lowest BCUT2D eigenvalue weighted by Gasteiger charge is -2.27. The normalized spacial score (nSPS) is 18.8. The minimum Gasteiger partial charge on any atom is -0.368 e. The summed E-state index contributed by atoms with van der Waals surface area (Å²) in [6.45, 7) is 0.454. The van der Waals surface area contributed by atoms with E-state index in [1.807, 2.05) is 12.1 Å². The molecule has 1 atom stereocenters. The molecule has 0 aliphatic carbocycles. The molecule has 9 heteroatoms. The Bertz CT molecular complexity index is 871. The molecule has 3 rings (SSSR count). The average molecular weight is 382 g/mol. The highest BCUT2D eigenvalue weighted by atomic mass is 35.5. The second kappa shape index (κ2) is 6.87. The minimum absolute atomic E-state index is 0.127. The molecule has 134 valence electrons. The van der Waals surface area contributed by atoms with Crippen LogP contribution in [0.3, 0.4) is 0 Å². The van der Waals surface area contributed by atoms with Crippen molar-refractivity contribution in [3.8, 4) is 11.1 Å². The van der Waals surface area contributed by atoms with Crippen LogP contribution in [0.5, 0.6) is 0 Å². The zero-order chi connectivity index (χ0) is 18.2. The number of hydrogen-bond donors (Lipinski definition) is 1. The third-order valence-corrected chi connectivity index (χ3v) is 6.47. The monoisotopic (exact) mass is 381 g/mol. The fraction of sp³-hybridized carbons (Fsp3) is 0.375. The lowest BCUT2D eigenvalue weighted by molar-refractivity contribution is 0.358. The van der Waals surface area contributed by atoms with Crippen LogP contribution in [0, 0.1) is 0 Å². The number of rotatable bonds is 4. The molecule has 0 radical (unpaired) electrons. The second-order valence-corrected chi connectivity index (χ2v) is 8.62. The van der Waals surface area contributed by atoms with Crippen LogP contribution in [-0.2, 0) is 10.2 Å². The van der Waals surface area contributed by atoms with E-state index in [2.05, 4.69) is 9.97 Å². The van der Waals surface area contributed by atoms with Crippen LogP contribution in [0.15, 0.2) is 30.5 Å². The predicted octanol–water partition coefficient (Wildman–Crippen LogP) is 2.32. The first-order chi connectivity index (χ1) is 11.8. The summed E-state index contributed by atoms with van der Waals surface area (Å²) in [7, 11) is -0.494. The Labute approximate surface area is 152 Å². The average Bonchev–Trinajstić information content (AvgIpc) is 3.06. The van der Waals surface area contributed by atoms with E-state index in [1.54, 1.807) is 18.3 Å². The maximum Gasteiger partial charge on any atom is 0.282 e. The maximum atomic E-state index is 12.7. The van der Waals surface area contributed by atoms with Crippen LogP contribution in [0.1, 0.15) is 24.6 Å². The van der Waals surface area contributed by atoms with E-state index in [0.717, 1.165) is 17.5 Å². The summed E-state index contributed by atoms with van der Waals surface area (Å²) in [6, 6.07) is 6.91. The Kier molecular flexibility index (Phi) is 4.97. The molecular formula is C16H20ClN5O2S. The van der Waals surface area contributed by atoms with Crippen molar-refractivity contribution < 1.29 is 8.42 Å². The van der Waals surface area contributed by atoms with Gasteiger partial charge in [-0.05, 0) is 30.5 Å². The lowest BCUT2D eigenvalue weighted by Crippen LogP contribution is -2.39. The summed E-state index contributed by atoms with van der Waals surface area (Å²) in [4.78, 5) is 8.47. The van der Waals surface area contributed by atoms with Crippen LogP contribution in [0.2, 0.25) is 5.02 Å². The van der Waals surface area contributed by atoms with E-state index in [0.29, 0.717) is 23.7 Å². The Morgan fingerprint density at radius 1 is 1.28 bits per heavy atom. The third kappa shape index (κ3) is 3.48. The highest BCUT2D eigenvalue weighted by molar-refractivity contribution is 7.86. The number of nitrogens with zero attached hydrogens (tertiary/aromatic N) is 4. The van der Waals surface area contributed by atoms with Gasteiger partial charge in [0.25, 0.3) is 10.2 Å². The van der Waals surface area contributed by atoms with Gasteiger partial charge in [0.15, 0.2) is 0 Å². The summed E-state index contributed by atoms with van der Waals surface area (Å²) in [6.07, 6.45) is 3.09. The van der Waals surface area contributed by atoms with E-state index in [9.17, 15) is 8.42 Å². The van der Waals surface area contributed by atoms with Gasteiger partial charge in [0.1, 0.15) is 0 Å². The number of halogens is 1. The molecule has 2 heterocycles. The van der Waals surface area contributed by atoms with Gasteiger partial charge in [0.2, 0.25) is 5.95 Å². The van der Waals surface area contributed by atoms with Gasteiger partial charge in [-0.25, -0.2) is 9.97 Å². The topological polar surface area (TPSA) is 92.4 Å². The molecule has 2 aromatic rings. The van der Waals surface area contributed by atoms with Crippen molar-refractivity contribution in [1.29, 1.82) is 0 Å². The van der Waals surface area contributed by atoms with E-state index in [1.165, 1.54) is 22.7 Å². The van der Waals surface area contributed by atoms with Gasteiger partial charge in [-0.1, -0.05) is 23.7 Å². The Morgan fingerprint density at radius 3 is 2.60 bits per heavy atom. The van der Waals surface area contributed by atoms with Gasteiger partial charge in [0.05, 0.1) is 11.7 Å². The van der Waals surface area contributed by atoms with Crippen molar-refractivity contribution in [1.82, 2.24) is 18.6 Å². The number of hydrogen-bond acceptors (Lipinski definition) is 5. The van der Waals surface area contributed by atoms with E-state index < -0.39 is 10.2 Å². The largest absolute Gasteiger partial charge is 0.368 e. The van der Waals surface area contributed by atoms with Crippen LogP contribution < -0.4 is 5.73 Å². The maximum absolute atomic E-state index is 12.7. The quantitative estimate of drug-likeness (QED) is 0.877. The van der Waals surface area contributed by atoms with Crippen molar-refractivity contribution in [2.75, 3.05) is 26.4 Å². The molecular weight excluding hydrogens is 362 g/mol. The molecule has 1 aromatic heterocycles. The van der Waals surface area contributed by atoms with Crippen LogP contribution in [0.4, 0.5) is 5.95 Å². The van der Waals surface area contributed by atoms with Gasteiger partial charge in [-0.2, -0.15) is 17.0 Å². The van der Waals surface area contributed by atoms with Crippen molar-refractivity contribution in [3.63, 3.8) is 0 Å². The van der Waals surface area contributed by atoms with Crippen molar-refractivity contribution in [3.05, 3.63) is 41.2 Å². The molecule has 0 unspecified atom stereocenters. The first kappa shape index (κ1) is 18.1. The first-order valence-corrected chi connectivity index (χ1v) is 9.66. The molecule has 1 fully saturated rings. The predicted molar refractivity (Wildman–Crippen MR) is 98.2 cm³/mol. The van der Waals surface area contributed by atoms with Gasteiger partial charge in [-0.3, -0.25) is 0 Å². The Balaban J connectivity index is 2.10. The molecule has 0 saturated carbocycles. The van der Waals surface area contributed by atoms with Crippen molar-refractivity contribution >= 4 is 27.8 Å². The van der Waals surface area contributed by atoms with E-state index >= 15 is 0 Å². The summed E-state index contributed by atoms with van der Waals surface area (Å²) in [5.74, 6) is 0.127. The van der Waals surface area contributed by atoms with Gasteiger partial charge >= 0.3 is 0 Å². The zero-order valence-electron chi connectivity index (χ0n) is 14.1. The Morgan fingerprint density at radius 2 is 1.96 bits per heavy atom. The molecule has 1 aliphatic heterocycles. The van der Waals surface area contributed by atoms with Crippen LogP contribution >= 0.6 is 11.6 Å². The molecule has 1 saturated heterocycles. The molecule has 25 heavy (non-hydrogen) atoms. The molecule has 1 aliphatic rings. The number of nitrogens with two attached hydrogens (primary N) is 1. The van der Waals surface area contributed by atoms with Crippen molar-refractivity contribution in [2.24, 2.45) is 0 Å². The Hall–Kier alpha value is -1.74. The highest BCUT2D eigenvalue weighted by Crippen LogP contribution is 2.38.